The molecule has 2 heterocycles. The van der Waals surface area contributed by atoms with Crippen LogP contribution >= 0.6 is 22.7 Å². The predicted octanol–water partition coefficient (Wildman–Crippen LogP) is 9.42. The van der Waals surface area contributed by atoms with Gasteiger partial charge in [-0.05, 0) is 42.7 Å². The molecule has 6 rings (SSSR count). The largest absolute Gasteiger partial charge is 0.236 e. The number of nitriles is 2. The Morgan fingerprint density at radius 3 is 1.70 bits per heavy atom. The Kier molecular flexibility index (Phi) is 6.80. The third kappa shape index (κ3) is 4.72. The zero-order chi connectivity index (χ0) is 27.6. The molecule has 0 radical (unpaired) electrons. The van der Waals surface area contributed by atoms with Gasteiger partial charge in [-0.3, -0.25) is 0 Å². The lowest BCUT2D eigenvalue weighted by molar-refractivity contribution is 1.35. The van der Waals surface area contributed by atoms with Crippen molar-refractivity contribution >= 4 is 28.7 Å². The molecular formula is C34H22N4S2. The van der Waals surface area contributed by atoms with Gasteiger partial charge in [0.25, 0.3) is 0 Å². The lowest BCUT2D eigenvalue weighted by Crippen LogP contribution is -1.87. The van der Waals surface area contributed by atoms with Crippen molar-refractivity contribution in [3.8, 4) is 66.9 Å². The molecule has 4 nitrogen and oxygen atoms in total. The summed E-state index contributed by atoms with van der Waals surface area (Å²) in [5, 5.41) is 20.6. The van der Waals surface area contributed by atoms with Crippen molar-refractivity contribution in [1.82, 2.24) is 9.97 Å². The predicted molar refractivity (Wildman–Crippen MR) is 165 cm³/mol. The molecule has 0 aliphatic heterocycles. The number of benzene rings is 2. The van der Waals surface area contributed by atoms with E-state index in [0.29, 0.717) is 0 Å². The number of nitrogens with zero attached hydrogens (tertiary/aromatic N) is 4. The summed E-state index contributed by atoms with van der Waals surface area (Å²) in [5.74, 6) is 0. The molecule has 0 amide bonds. The fourth-order valence-corrected chi connectivity index (χ4v) is 6.67. The highest BCUT2D eigenvalue weighted by atomic mass is 32.1. The van der Waals surface area contributed by atoms with E-state index in [1.165, 1.54) is 0 Å². The van der Waals surface area contributed by atoms with E-state index in [2.05, 4.69) is 56.3 Å². The van der Waals surface area contributed by atoms with Crippen molar-refractivity contribution in [2.45, 2.75) is 13.8 Å². The van der Waals surface area contributed by atoms with Crippen LogP contribution in [-0.2, 0) is 0 Å². The second-order valence-electron chi connectivity index (χ2n) is 9.32. The van der Waals surface area contributed by atoms with Gasteiger partial charge in [-0.2, -0.15) is 10.5 Å². The summed E-state index contributed by atoms with van der Waals surface area (Å²) in [6.45, 7) is 4.22. The van der Waals surface area contributed by atoms with E-state index in [4.69, 9.17) is 9.97 Å². The maximum atomic E-state index is 9.33. The van der Waals surface area contributed by atoms with Gasteiger partial charge in [-0.15, -0.1) is 22.7 Å². The lowest BCUT2D eigenvalue weighted by atomic mass is 10.0. The summed E-state index contributed by atoms with van der Waals surface area (Å²) in [6.07, 6.45) is 1.64. The molecule has 4 aromatic rings. The van der Waals surface area contributed by atoms with E-state index in [1.54, 1.807) is 28.7 Å². The molecule has 40 heavy (non-hydrogen) atoms. The minimum atomic E-state index is 0.0742. The monoisotopic (exact) mass is 550 g/mol. The van der Waals surface area contributed by atoms with Crippen molar-refractivity contribution in [3.63, 3.8) is 0 Å². The summed E-state index contributed by atoms with van der Waals surface area (Å²) in [7, 11) is 0. The summed E-state index contributed by atoms with van der Waals surface area (Å²) in [4.78, 5) is 12.5. The number of aryl methyl sites for hydroxylation is 2. The van der Waals surface area contributed by atoms with Crippen LogP contribution in [0.5, 0.6) is 0 Å². The first kappa shape index (κ1) is 25.4. The highest BCUT2D eigenvalue weighted by Crippen LogP contribution is 2.43. The molecule has 2 aromatic carbocycles. The van der Waals surface area contributed by atoms with Crippen molar-refractivity contribution in [3.05, 3.63) is 112 Å². The first-order valence-electron chi connectivity index (χ1n) is 12.7. The minimum Gasteiger partial charge on any atom is -0.236 e. The van der Waals surface area contributed by atoms with Crippen molar-refractivity contribution in [2.24, 2.45) is 0 Å². The zero-order valence-corrected chi connectivity index (χ0v) is 23.5. The molecule has 0 fully saturated rings. The first-order chi connectivity index (χ1) is 19.6. The fourth-order valence-electron chi connectivity index (χ4n) is 4.81. The molecule has 0 unspecified atom stereocenters. The van der Waals surface area contributed by atoms with Crippen LogP contribution in [-0.4, -0.2) is 9.97 Å². The lowest BCUT2D eigenvalue weighted by Gasteiger charge is -2.05. The molecule has 2 aliphatic rings. The van der Waals surface area contributed by atoms with Crippen LogP contribution in [0.25, 0.3) is 60.9 Å². The molecule has 2 aromatic heterocycles. The van der Waals surface area contributed by atoms with E-state index in [1.807, 2.05) is 60.7 Å². The molecule has 0 bridgehead atoms. The Bertz CT molecular complexity index is 1920. The molecule has 0 saturated heterocycles. The summed E-state index contributed by atoms with van der Waals surface area (Å²) in [6, 6.07) is 34.7. The average Bonchev–Trinajstić information content (AvgIpc) is 3.65. The van der Waals surface area contributed by atoms with Crippen molar-refractivity contribution in [2.75, 3.05) is 0 Å². The number of allylic oxidation sites excluding steroid dienone is 1. The third-order valence-corrected chi connectivity index (χ3v) is 8.80. The summed E-state index contributed by atoms with van der Waals surface area (Å²) in [5.41, 5.74) is 8.91. The van der Waals surface area contributed by atoms with E-state index >= 15 is 0 Å². The molecule has 0 spiro atoms. The highest BCUT2D eigenvalue weighted by Gasteiger charge is 2.21. The van der Waals surface area contributed by atoms with Gasteiger partial charge in [0.05, 0.1) is 11.4 Å². The maximum Gasteiger partial charge on any atom is 0.130 e. The Hall–Kier alpha value is -4.88. The van der Waals surface area contributed by atoms with Gasteiger partial charge in [0.2, 0.25) is 0 Å². The van der Waals surface area contributed by atoms with Gasteiger partial charge >= 0.3 is 0 Å². The SMILES string of the molecule is Cc1sc(-c2ccccc2)nc1-c1ccc2c(C=C(C#N)C#N)ccc-2cc1-c1nc(-c2ccccc2)sc1C. The van der Waals surface area contributed by atoms with Crippen LogP contribution < -0.4 is 0 Å². The van der Waals surface area contributed by atoms with Crippen LogP contribution in [0.4, 0.5) is 0 Å². The standard InChI is InChI=1S/C34H22N4S2/c1-21-31(37-33(39-21)24-9-5-3-6-10-24)29-16-15-28-26(17-23(19-35)20-36)13-14-27(28)18-30(29)32-22(2)40-34(38-32)25-11-7-4-8-12-25/h3-18H,1-2H3. The Balaban J connectivity index is 1.59. The second kappa shape index (κ2) is 10.7. The number of aromatic nitrogens is 2. The number of fused-ring (bicyclic) bond motifs is 1. The number of rotatable bonds is 5. The molecule has 190 valence electrons. The smallest absolute Gasteiger partial charge is 0.130 e. The summed E-state index contributed by atoms with van der Waals surface area (Å²) < 4.78 is 0. The van der Waals surface area contributed by atoms with E-state index in [0.717, 1.165) is 70.1 Å². The van der Waals surface area contributed by atoms with Gasteiger partial charge < -0.3 is 0 Å². The van der Waals surface area contributed by atoms with Gasteiger partial charge in [-0.25, -0.2) is 9.97 Å². The maximum absolute atomic E-state index is 9.33. The number of thiazole rings is 2. The normalized spacial score (nSPS) is 10.7. The number of hydrogen-bond donors (Lipinski definition) is 0. The van der Waals surface area contributed by atoms with Crippen LogP contribution in [0.3, 0.4) is 0 Å². The molecule has 2 aliphatic carbocycles. The molecule has 0 N–H and O–H groups in total. The molecule has 0 saturated carbocycles. The highest BCUT2D eigenvalue weighted by molar-refractivity contribution is 7.15. The third-order valence-electron chi connectivity index (χ3n) is 6.76. The average molecular weight is 551 g/mol. The Morgan fingerprint density at radius 2 is 1.15 bits per heavy atom. The molecular weight excluding hydrogens is 529 g/mol. The Labute approximate surface area is 241 Å². The topological polar surface area (TPSA) is 73.4 Å². The van der Waals surface area contributed by atoms with E-state index < -0.39 is 0 Å². The second-order valence-corrected chi connectivity index (χ2v) is 11.7. The van der Waals surface area contributed by atoms with Gasteiger partial charge in [0.1, 0.15) is 27.7 Å². The molecule has 0 atom stereocenters. The molecule has 6 heteroatoms. The minimum absolute atomic E-state index is 0.0742. The quantitative estimate of drug-likeness (QED) is 0.200. The van der Waals surface area contributed by atoms with Crippen LogP contribution in [0.15, 0.2) is 96.6 Å². The van der Waals surface area contributed by atoms with Gasteiger partial charge in [0, 0.05) is 32.0 Å². The number of hydrogen-bond acceptors (Lipinski definition) is 6. The van der Waals surface area contributed by atoms with Crippen LogP contribution in [0.2, 0.25) is 0 Å². The van der Waals surface area contributed by atoms with Crippen molar-refractivity contribution in [1.29, 1.82) is 10.5 Å². The van der Waals surface area contributed by atoms with Crippen LogP contribution in [0.1, 0.15) is 15.3 Å². The Morgan fingerprint density at radius 1 is 0.625 bits per heavy atom. The first-order valence-corrected chi connectivity index (χ1v) is 14.3. The fraction of sp³-hybridized carbons (Fsp3) is 0.0588. The van der Waals surface area contributed by atoms with Gasteiger partial charge in [-0.1, -0.05) is 84.9 Å². The van der Waals surface area contributed by atoms with Crippen molar-refractivity contribution < 1.29 is 0 Å². The van der Waals surface area contributed by atoms with Gasteiger partial charge in [0.15, 0.2) is 0 Å². The summed E-state index contributed by atoms with van der Waals surface area (Å²) >= 11 is 3.37. The van der Waals surface area contributed by atoms with E-state index in [-0.39, 0.29) is 5.57 Å². The van der Waals surface area contributed by atoms with Crippen LogP contribution in [0, 0.1) is 36.5 Å². The van der Waals surface area contributed by atoms with E-state index in [9.17, 15) is 10.5 Å². The zero-order valence-electron chi connectivity index (χ0n) is 21.8.